The van der Waals surface area contributed by atoms with Gasteiger partial charge < -0.3 is 20.4 Å². The first-order valence-corrected chi connectivity index (χ1v) is 11.6. The highest BCUT2D eigenvalue weighted by atomic mass is 32.1. The van der Waals surface area contributed by atoms with Crippen LogP contribution >= 0.6 is 12.2 Å². The van der Waals surface area contributed by atoms with E-state index in [1.165, 1.54) is 36.8 Å². The molecule has 0 bridgehead atoms. The minimum Gasteiger partial charge on any atom is -0.360 e. The molecule has 1 atom stereocenters. The smallest absolute Gasteiger partial charge is 0.232 e. The predicted molar refractivity (Wildman–Crippen MR) is 126 cm³/mol. The van der Waals surface area contributed by atoms with Crippen LogP contribution in [0.1, 0.15) is 43.7 Å². The van der Waals surface area contributed by atoms with Gasteiger partial charge in [-0.3, -0.25) is 0 Å². The predicted octanol–water partition coefficient (Wildman–Crippen LogP) is 3.72. The van der Waals surface area contributed by atoms with Gasteiger partial charge in [-0.05, 0) is 61.4 Å². The molecular formula is C23H30N6S. The molecule has 1 aromatic heterocycles. The van der Waals surface area contributed by atoms with Crippen LogP contribution in [0.4, 0.5) is 17.6 Å². The molecule has 1 saturated heterocycles. The first-order chi connectivity index (χ1) is 14.6. The van der Waals surface area contributed by atoms with Gasteiger partial charge >= 0.3 is 0 Å². The molecule has 3 heterocycles. The quantitative estimate of drug-likeness (QED) is 0.728. The Morgan fingerprint density at radius 2 is 1.80 bits per heavy atom. The van der Waals surface area contributed by atoms with Crippen LogP contribution in [0.3, 0.4) is 0 Å². The van der Waals surface area contributed by atoms with Crippen molar-refractivity contribution in [1.82, 2.24) is 15.3 Å². The van der Waals surface area contributed by atoms with Crippen LogP contribution in [0.15, 0.2) is 30.3 Å². The SMILES string of the molecule is C[C@H]1CCCN(c2cc(N3CCc4ccccc4C3)nc(NC(=S)NC3CC3)n2)C1. The van der Waals surface area contributed by atoms with Crippen LogP contribution in [0.2, 0.25) is 0 Å². The highest BCUT2D eigenvalue weighted by Gasteiger charge is 2.24. The molecule has 2 fully saturated rings. The summed E-state index contributed by atoms with van der Waals surface area (Å²) in [5.41, 5.74) is 2.83. The number of aromatic nitrogens is 2. The van der Waals surface area contributed by atoms with E-state index in [0.29, 0.717) is 23.0 Å². The maximum absolute atomic E-state index is 5.49. The summed E-state index contributed by atoms with van der Waals surface area (Å²) in [4.78, 5) is 14.5. The second-order valence-corrected chi connectivity index (χ2v) is 9.32. The van der Waals surface area contributed by atoms with Gasteiger partial charge in [0.1, 0.15) is 11.6 Å². The average Bonchev–Trinajstić information content (AvgIpc) is 3.57. The van der Waals surface area contributed by atoms with Gasteiger partial charge in [-0.1, -0.05) is 31.2 Å². The molecule has 6 nitrogen and oxygen atoms in total. The van der Waals surface area contributed by atoms with Gasteiger partial charge in [0.05, 0.1) is 0 Å². The van der Waals surface area contributed by atoms with Gasteiger partial charge in [-0.25, -0.2) is 0 Å². The van der Waals surface area contributed by atoms with Crippen LogP contribution in [-0.4, -0.2) is 40.8 Å². The monoisotopic (exact) mass is 422 g/mol. The molecule has 2 aromatic rings. The van der Waals surface area contributed by atoms with Gasteiger partial charge in [0.2, 0.25) is 5.95 Å². The number of rotatable bonds is 4. The Hall–Kier alpha value is -2.41. The molecule has 2 aliphatic heterocycles. The van der Waals surface area contributed by atoms with Gasteiger partial charge in [0.25, 0.3) is 0 Å². The third-order valence-corrected chi connectivity index (χ3v) is 6.49. The first kappa shape index (κ1) is 19.5. The van der Waals surface area contributed by atoms with E-state index in [9.17, 15) is 0 Å². The van der Waals surface area contributed by atoms with E-state index >= 15 is 0 Å². The summed E-state index contributed by atoms with van der Waals surface area (Å²) in [6, 6.07) is 11.4. The summed E-state index contributed by atoms with van der Waals surface area (Å²) in [5, 5.41) is 7.20. The fourth-order valence-electron chi connectivity index (χ4n) is 4.44. The molecule has 1 aliphatic carbocycles. The molecule has 30 heavy (non-hydrogen) atoms. The lowest BCUT2D eigenvalue weighted by Crippen LogP contribution is -2.36. The number of piperidine rings is 1. The molecule has 3 aliphatic rings. The Labute approximate surface area is 184 Å². The van der Waals surface area contributed by atoms with Gasteiger partial charge in [0.15, 0.2) is 5.11 Å². The minimum absolute atomic E-state index is 0.509. The van der Waals surface area contributed by atoms with Crippen LogP contribution in [0.25, 0.3) is 0 Å². The lowest BCUT2D eigenvalue weighted by atomic mass is 10.00. The average molecular weight is 423 g/mol. The van der Waals surface area contributed by atoms with Gasteiger partial charge in [-0.15, -0.1) is 0 Å². The molecule has 1 saturated carbocycles. The van der Waals surface area contributed by atoms with Crippen molar-refractivity contribution < 1.29 is 0 Å². The fourth-order valence-corrected chi connectivity index (χ4v) is 4.70. The number of nitrogens with one attached hydrogen (secondary N) is 2. The van der Waals surface area contributed by atoms with Gasteiger partial charge in [0, 0.05) is 38.3 Å². The van der Waals surface area contributed by atoms with E-state index < -0.39 is 0 Å². The van der Waals surface area contributed by atoms with Crippen molar-refractivity contribution >= 4 is 34.9 Å². The molecule has 0 radical (unpaired) electrons. The van der Waals surface area contributed by atoms with Crippen molar-refractivity contribution in [1.29, 1.82) is 0 Å². The zero-order chi connectivity index (χ0) is 20.5. The summed E-state index contributed by atoms with van der Waals surface area (Å²) < 4.78 is 0. The Morgan fingerprint density at radius 3 is 2.57 bits per heavy atom. The molecule has 158 valence electrons. The zero-order valence-electron chi connectivity index (χ0n) is 17.6. The highest BCUT2D eigenvalue weighted by molar-refractivity contribution is 7.80. The van der Waals surface area contributed by atoms with Crippen molar-refractivity contribution in [2.24, 2.45) is 5.92 Å². The largest absolute Gasteiger partial charge is 0.360 e. The van der Waals surface area contributed by atoms with E-state index in [1.807, 2.05) is 0 Å². The molecular weight excluding hydrogens is 392 g/mol. The number of fused-ring (bicyclic) bond motifs is 1. The Morgan fingerprint density at radius 1 is 1.03 bits per heavy atom. The van der Waals surface area contributed by atoms with E-state index in [-0.39, 0.29) is 0 Å². The third-order valence-electron chi connectivity index (χ3n) is 6.27. The van der Waals surface area contributed by atoms with Crippen LogP contribution in [0.5, 0.6) is 0 Å². The lowest BCUT2D eigenvalue weighted by Gasteiger charge is -2.34. The van der Waals surface area contributed by atoms with Crippen LogP contribution in [-0.2, 0) is 13.0 Å². The van der Waals surface area contributed by atoms with E-state index in [1.54, 1.807) is 0 Å². The Kier molecular flexibility index (Phi) is 5.46. The summed E-state index contributed by atoms with van der Waals surface area (Å²) in [6.07, 6.45) is 5.92. The standard InChI is InChI=1S/C23H30N6S/c1-16-5-4-11-28(14-16)20-13-21(26-22(25-20)27-23(30)24-19-8-9-19)29-12-10-17-6-2-3-7-18(17)15-29/h2-3,6-7,13,16,19H,4-5,8-12,14-15H2,1H3,(H2,24,25,26,27,30)/t16-/m0/s1. The third kappa shape index (κ3) is 4.51. The van der Waals surface area contributed by atoms with Crippen LogP contribution in [0, 0.1) is 5.92 Å². The normalized spacial score (nSPS) is 21.2. The first-order valence-electron chi connectivity index (χ1n) is 11.2. The lowest BCUT2D eigenvalue weighted by molar-refractivity contribution is 0.444. The second kappa shape index (κ2) is 8.38. The van der Waals surface area contributed by atoms with Crippen LogP contribution < -0.4 is 20.4 Å². The van der Waals surface area contributed by atoms with Crippen molar-refractivity contribution in [3.63, 3.8) is 0 Å². The highest BCUT2D eigenvalue weighted by Crippen LogP contribution is 2.29. The van der Waals surface area contributed by atoms with E-state index in [0.717, 1.165) is 44.2 Å². The molecule has 0 unspecified atom stereocenters. The summed E-state index contributed by atoms with van der Waals surface area (Å²) >= 11 is 5.49. The molecule has 2 N–H and O–H groups in total. The summed E-state index contributed by atoms with van der Waals surface area (Å²) in [6.45, 7) is 6.27. The minimum atomic E-state index is 0.509. The summed E-state index contributed by atoms with van der Waals surface area (Å²) in [5.74, 6) is 3.26. The van der Waals surface area contributed by atoms with Gasteiger partial charge in [-0.2, -0.15) is 9.97 Å². The number of hydrogen-bond acceptors (Lipinski definition) is 5. The number of anilines is 3. The van der Waals surface area contributed by atoms with Crippen molar-refractivity contribution in [3.05, 3.63) is 41.5 Å². The van der Waals surface area contributed by atoms with E-state index in [2.05, 4.69) is 57.7 Å². The molecule has 7 heteroatoms. The maximum Gasteiger partial charge on any atom is 0.232 e. The van der Waals surface area contributed by atoms with Crippen molar-refractivity contribution in [3.8, 4) is 0 Å². The number of nitrogens with zero attached hydrogens (tertiary/aromatic N) is 4. The number of thiocarbonyl (C=S) groups is 1. The zero-order valence-corrected chi connectivity index (χ0v) is 18.4. The second-order valence-electron chi connectivity index (χ2n) is 8.91. The van der Waals surface area contributed by atoms with Crippen molar-refractivity contribution in [2.45, 2.75) is 51.6 Å². The summed E-state index contributed by atoms with van der Waals surface area (Å²) in [7, 11) is 0. The molecule has 5 rings (SSSR count). The number of hydrogen-bond donors (Lipinski definition) is 2. The number of benzene rings is 1. The maximum atomic E-state index is 5.49. The topological polar surface area (TPSA) is 56.3 Å². The fraction of sp³-hybridized carbons (Fsp3) is 0.522. The van der Waals surface area contributed by atoms with Crippen molar-refractivity contribution in [2.75, 3.05) is 34.8 Å². The molecule has 0 spiro atoms. The Bertz CT molecular complexity index is 928. The van der Waals surface area contributed by atoms with E-state index in [4.69, 9.17) is 22.2 Å². The Balaban J connectivity index is 1.42. The molecule has 0 amide bonds. The molecule has 1 aromatic carbocycles.